The van der Waals surface area contributed by atoms with E-state index >= 15 is 0 Å². The SMILES string of the molecule is Cc1ccc(NC(=O)CN2CCCC(C(=O)N3CCOCC3)C2)c(C)c1. The molecule has 2 saturated heterocycles. The Hall–Kier alpha value is -1.92. The van der Waals surface area contributed by atoms with E-state index in [1.165, 1.54) is 5.56 Å². The van der Waals surface area contributed by atoms with Crippen LogP contribution < -0.4 is 5.32 Å². The topological polar surface area (TPSA) is 61.9 Å². The Morgan fingerprint density at radius 2 is 1.96 bits per heavy atom. The summed E-state index contributed by atoms with van der Waals surface area (Å²) >= 11 is 0. The summed E-state index contributed by atoms with van der Waals surface area (Å²) in [5.74, 6) is 0.194. The number of carbonyl (C=O) groups is 2. The van der Waals surface area contributed by atoms with Gasteiger partial charge in [-0.05, 0) is 44.9 Å². The maximum atomic E-state index is 12.7. The van der Waals surface area contributed by atoms with Crippen molar-refractivity contribution in [2.45, 2.75) is 26.7 Å². The normalized spacial score (nSPS) is 21.5. The molecule has 0 aliphatic carbocycles. The van der Waals surface area contributed by atoms with Gasteiger partial charge < -0.3 is 15.0 Å². The molecule has 2 fully saturated rings. The number of piperidine rings is 1. The van der Waals surface area contributed by atoms with E-state index in [0.29, 0.717) is 39.4 Å². The van der Waals surface area contributed by atoms with Gasteiger partial charge in [-0.15, -0.1) is 0 Å². The average Bonchev–Trinajstić information content (AvgIpc) is 2.64. The molecule has 1 N–H and O–H groups in total. The van der Waals surface area contributed by atoms with Crippen molar-refractivity contribution in [1.29, 1.82) is 0 Å². The number of nitrogens with zero attached hydrogens (tertiary/aromatic N) is 2. The number of benzene rings is 1. The summed E-state index contributed by atoms with van der Waals surface area (Å²) in [6.07, 6.45) is 1.86. The van der Waals surface area contributed by atoms with Crippen LogP contribution in [0.4, 0.5) is 5.69 Å². The third kappa shape index (κ3) is 4.83. The fourth-order valence-corrected chi connectivity index (χ4v) is 3.79. The van der Waals surface area contributed by atoms with Gasteiger partial charge in [-0.25, -0.2) is 0 Å². The number of amides is 2. The molecule has 6 heteroatoms. The van der Waals surface area contributed by atoms with Gasteiger partial charge in [0, 0.05) is 25.3 Å². The van der Waals surface area contributed by atoms with E-state index in [-0.39, 0.29) is 17.7 Å². The minimum Gasteiger partial charge on any atom is -0.378 e. The second-order valence-electron chi connectivity index (χ2n) is 7.38. The molecule has 1 aromatic rings. The summed E-state index contributed by atoms with van der Waals surface area (Å²) in [5, 5.41) is 3.00. The highest BCUT2D eigenvalue weighted by Crippen LogP contribution is 2.20. The van der Waals surface area contributed by atoms with Crippen LogP contribution >= 0.6 is 0 Å². The van der Waals surface area contributed by atoms with Gasteiger partial charge in [0.1, 0.15) is 0 Å². The Morgan fingerprint density at radius 3 is 2.69 bits per heavy atom. The van der Waals surface area contributed by atoms with E-state index in [4.69, 9.17) is 4.74 Å². The van der Waals surface area contributed by atoms with Crippen molar-refractivity contribution in [3.8, 4) is 0 Å². The molecule has 0 spiro atoms. The number of hydrogen-bond acceptors (Lipinski definition) is 4. The number of rotatable bonds is 4. The summed E-state index contributed by atoms with van der Waals surface area (Å²) in [4.78, 5) is 29.1. The van der Waals surface area contributed by atoms with Gasteiger partial charge in [-0.1, -0.05) is 17.7 Å². The van der Waals surface area contributed by atoms with Crippen LogP contribution in [-0.2, 0) is 14.3 Å². The van der Waals surface area contributed by atoms with Crippen LogP contribution in [0.25, 0.3) is 0 Å². The molecule has 142 valence electrons. The van der Waals surface area contributed by atoms with Crippen molar-refractivity contribution >= 4 is 17.5 Å². The zero-order valence-electron chi connectivity index (χ0n) is 15.8. The number of hydrogen-bond donors (Lipinski definition) is 1. The molecular formula is C20H29N3O3. The van der Waals surface area contributed by atoms with E-state index in [2.05, 4.69) is 16.3 Å². The highest BCUT2D eigenvalue weighted by Gasteiger charge is 2.30. The van der Waals surface area contributed by atoms with Crippen molar-refractivity contribution in [1.82, 2.24) is 9.80 Å². The van der Waals surface area contributed by atoms with Gasteiger partial charge in [0.15, 0.2) is 0 Å². The predicted molar refractivity (Wildman–Crippen MR) is 101 cm³/mol. The zero-order valence-corrected chi connectivity index (χ0v) is 15.8. The van der Waals surface area contributed by atoms with Crippen LogP contribution in [0.5, 0.6) is 0 Å². The van der Waals surface area contributed by atoms with Gasteiger partial charge in [0.05, 0.1) is 25.7 Å². The fourth-order valence-electron chi connectivity index (χ4n) is 3.79. The average molecular weight is 359 g/mol. The summed E-state index contributed by atoms with van der Waals surface area (Å²) in [7, 11) is 0. The standard InChI is InChI=1S/C20H29N3O3/c1-15-5-6-18(16(2)12-15)21-19(24)14-22-7-3-4-17(13-22)20(25)23-8-10-26-11-9-23/h5-6,12,17H,3-4,7-11,13-14H2,1-2H3,(H,21,24). The first-order valence-electron chi connectivity index (χ1n) is 9.49. The first-order valence-corrected chi connectivity index (χ1v) is 9.49. The zero-order chi connectivity index (χ0) is 18.5. The molecule has 0 aromatic heterocycles. The fraction of sp³-hybridized carbons (Fsp3) is 0.600. The Morgan fingerprint density at radius 1 is 1.19 bits per heavy atom. The highest BCUT2D eigenvalue weighted by molar-refractivity contribution is 5.93. The highest BCUT2D eigenvalue weighted by atomic mass is 16.5. The van der Waals surface area contributed by atoms with Crippen molar-refractivity contribution in [2.75, 3.05) is 51.3 Å². The Balaban J connectivity index is 1.52. The quantitative estimate of drug-likeness (QED) is 0.891. The lowest BCUT2D eigenvalue weighted by molar-refractivity contribution is -0.141. The lowest BCUT2D eigenvalue weighted by atomic mass is 9.96. The molecule has 6 nitrogen and oxygen atoms in total. The molecule has 1 unspecified atom stereocenters. The van der Waals surface area contributed by atoms with Crippen LogP contribution in [-0.4, -0.2) is 67.6 Å². The van der Waals surface area contributed by atoms with Gasteiger partial charge in [0.2, 0.25) is 11.8 Å². The van der Waals surface area contributed by atoms with Crippen LogP contribution in [0.3, 0.4) is 0 Å². The summed E-state index contributed by atoms with van der Waals surface area (Å²) in [6.45, 7) is 8.52. The molecule has 0 bridgehead atoms. The Bertz CT molecular complexity index is 656. The number of anilines is 1. The summed E-state index contributed by atoms with van der Waals surface area (Å²) in [6, 6.07) is 6.01. The molecule has 1 aromatic carbocycles. The molecule has 2 amide bonds. The van der Waals surface area contributed by atoms with Crippen molar-refractivity contribution in [2.24, 2.45) is 5.92 Å². The van der Waals surface area contributed by atoms with Crippen molar-refractivity contribution < 1.29 is 14.3 Å². The molecule has 2 aliphatic rings. The largest absolute Gasteiger partial charge is 0.378 e. The van der Waals surface area contributed by atoms with E-state index in [1.54, 1.807) is 0 Å². The number of nitrogens with one attached hydrogen (secondary N) is 1. The molecular weight excluding hydrogens is 330 g/mol. The molecule has 1 atom stereocenters. The Labute approximate surface area is 155 Å². The van der Waals surface area contributed by atoms with Gasteiger partial charge in [0.25, 0.3) is 0 Å². The van der Waals surface area contributed by atoms with Crippen LogP contribution in [0.15, 0.2) is 18.2 Å². The van der Waals surface area contributed by atoms with Gasteiger partial charge in [-0.3, -0.25) is 14.5 Å². The van der Waals surface area contributed by atoms with Crippen molar-refractivity contribution in [3.05, 3.63) is 29.3 Å². The Kier molecular flexibility index (Phi) is 6.27. The maximum Gasteiger partial charge on any atom is 0.238 e. The second-order valence-corrected chi connectivity index (χ2v) is 7.38. The maximum absolute atomic E-state index is 12.7. The molecule has 0 radical (unpaired) electrons. The van der Waals surface area contributed by atoms with Crippen LogP contribution in [0.2, 0.25) is 0 Å². The van der Waals surface area contributed by atoms with Crippen molar-refractivity contribution in [3.63, 3.8) is 0 Å². The third-order valence-electron chi connectivity index (χ3n) is 5.20. The second kappa shape index (κ2) is 8.64. The minimum atomic E-state index is -0.0172. The first-order chi connectivity index (χ1) is 12.5. The van der Waals surface area contributed by atoms with Gasteiger partial charge >= 0.3 is 0 Å². The number of carbonyl (C=O) groups excluding carboxylic acids is 2. The smallest absolute Gasteiger partial charge is 0.238 e. The molecule has 2 heterocycles. The van der Waals surface area contributed by atoms with Gasteiger partial charge in [-0.2, -0.15) is 0 Å². The number of morpholine rings is 1. The molecule has 26 heavy (non-hydrogen) atoms. The van der Waals surface area contributed by atoms with E-state index in [9.17, 15) is 9.59 Å². The lowest BCUT2D eigenvalue weighted by Crippen LogP contribution is -2.49. The minimum absolute atomic E-state index is 0.00393. The van der Waals surface area contributed by atoms with E-state index in [0.717, 1.165) is 30.6 Å². The first kappa shape index (κ1) is 18.9. The third-order valence-corrected chi connectivity index (χ3v) is 5.20. The monoisotopic (exact) mass is 359 g/mol. The van der Waals surface area contributed by atoms with Crippen LogP contribution in [0.1, 0.15) is 24.0 Å². The van der Waals surface area contributed by atoms with E-state index in [1.807, 2.05) is 30.9 Å². The lowest BCUT2D eigenvalue weighted by Gasteiger charge is -2.35. The molecule has 0 saturated carbocycles. The number of ether oxygens (including phenoxy) is 1. The number of likely N-dealkylation sites (tertiary alicyclic amines) is 1. The molecule has 2 aliphatic heterocycles. The van der Waals surface area contributed by atoms with E-state index < -0.39 is 0 Å². The summed E-state index contributed by atoms with van der Waals surface area (Å²) in [5.41, 5.74) is 3.11. The predicted octanol–water partition coefficient (Wildman–Crippen LogP) is 1.81. The van der Waals surface area contributed by atoms with Crippen LogP contribution in [0, 0.1) is 19.8 Å². The summed E-state index contributed by atoms with van der Waals surface area (Å²) < 4.78 is 5.33. The number of aryl methyl sites for hydroxylation is 2. The molecule has 3 rings (SSSR count).